The lowest BCUT2D eigenvalue weighted by Crippen LogP contribution is -2.68. The van der Waals surface area contributed by atoms with Crippen molar-refractivity contribution in [1.29, 1.82) is 0 Å². The Bertz CT molecular complexity index is 445. The minimum atomic E-state index is -0.0514. The van der Waals surface area contributed by atoms with Crippen molar-refractivity contribution in [3.63, 3.8) is 0 Å². The summed E-state index contributed by atoms with van der Waals surface area (Å²) in [7, 11) is 0. The predicted octanol–water partition coefficient (Wildman–Crippen LogP) is 2.14. The molecule has 1 aromatic carbocycles. The van der Waals surface area contributed by atoms with Crippen LogP contribution in [-0.4, -0.2) is 36.9 Å². The highest BCUT2D eigenvalue weighted by Gasteiger charge is 2.45. The smallest absolute Gasteiger partial charge is 0.139 e. The maximum absolute atomic E-state index is 6.04. The molecule has 0 bridgehead atoms. The van der Waals surface area contributed by atoms with Gasteiger partial charge in [0, 0.05) is 13.1 Å². The number of hydrogen-bond donors (Lipinski definition) is 2. The van der Waals surface area contributed by atoms with Gasteiger partial charge in [0.1, 0.15) is 5.66 Å². The molecule has 4 heteroatoms. The standard InChI is InChI=1S/C15H23N3O/c1-12-5-4-8-18(9-12)15(10-19-11-15)17-14-7-3-2-6-13(14)16/h2-3,6-7,12,17H,4-5,8-11,16H2,1H3/t12-/m1/s1. The molecule has 0 radical (unpaired) electrons. The van der Waals surface area contributed by atoms with Crippen molar-refractivity contribution in [3.05, 3.63) is 24.3 Å². The van der Waals surface area contributed by atoms with Crippen LogP contribution in [-0.2, 0) is 4.74 Å². The highest BCUT2D eigenvalue weighted by molar-refractivity contribution is 5.66. The first-order valence-electron chi connectivity index (χ1n) is 7.15. The van der Waals surface area contributed by atoms with Gasteiger partial charge in [0.2, 0.25) is 0 Å². The van der Waals surface area contributed by atoms with Crippen molar-refractivity contribution in [2.75, 3.05) is 37.4 Å². The zero-order valence-electron chi connectivity index (χ0n) is 11.6. The number of nitrogens with one attached hydrogen (secondary N) is 1. The van der Waals surface area contributed by atoms with E-state index in [1.165, 1.54) is 12.8 Å². The lowest BCUT2D eigenvalue weighted by molar-refractivity contribution is -0.133. The highest BCUT2D eigenvalue weighted by atomic mass is 16.5. The molecule has 3 N–H and O–H groups in total. The molecular weight excluding hydrogens is 238 g/mol. The summed E-state index contributed by atoms with van der Waals surface area (Å²) in [5.74, 6) is 0.765. The average Bonchev–Trinajstić information content (AvgIpc) is 2.36. The van der Waals surface area contributed by atoms with Crippen LogP contribution >= 0.6 is 0 Å². The first kappa shape index (κ1) is 12.8. The predicted molar refractivity (Wildman–Crippen MR) is 78.0 cm³/mol. The third-order valence-electron chi connectivity index (χ3n) is 4.27. The topological polar surface area (TPSA) is 50.5 Å². The SMILES string of the molecule is C[C@@H]1CCCN(C2(Nc3ccccc3N)COC2)C1. The van der Waals surface area contributed by atoms with Crippen LogP contribution in [0.3, 0.4) is 0 Å². The second kappa shape index (κ2) is 5.02. The van der Waals surface area contributed by atoms with Gasteiger partial charge < -0.3 is 15.8 Å². The fourth-order valence-corrected chi connectivity index (χ4v) is 3.07. The number of nitrogens with zero attached hydrogens (tertiary/aromatic N) is 1. The number of piperidine rings is 1. The van der Waals surface area contributed by atoms with Gasteiger partial charge in [-0.3, -0.25) is 4.90 Å². The minimum Gasteiger partial charge on any atom is -0.397 e. The van der Waals surface area contributed by atoms with Gasteiger partial charge >= 0.3 is 0 Å². The molecule has 3 rings (SSSR count). The second-order valence-corrected chi connectivity index (χ2v) is 5.93. The van der Waals surface area contributed by atoms with E-state index < -0.39 is 0 Å². The van der Waals surface area contributed by atoms with Crippen LogP contribution in [0.5, 0.6) is 0 Å². The van der Waals surface area contributed by atoms with Crippen LogP contribution in [0.4, 0.5) is 11.4 Å². The molecule has 19 heavy (non-hydrogen) atoms. The summed E-state index contributed by atoms with van der Waals surface area (Å²) >= 11 is 0. The van der Waals surface area contributed by atoms with Gasteiger partial charge in [0.05, 0.1) is 24.6 Å². The number of benzene rings is 1. The van der Waals surface area contributed by atoms with E-state index in [4.69, 9.17) is 10.5 Å². The molecule has 0 spiro atoms. The van der Waals surface area contributed by atoms with Gasteiger partial charge in [-0.15, -0.1) is 0 Å². The molecule has 0 aromatic heterocycles. The van der Waals surface area contributed by atoms with Crippen molar-refractivity contribution in [1.82, 2.24) is 4.90 Å². The van der Waals surface area contributed by atoms with Crippen molar-refractivity contribution in [3.8, 4) is 0 Å². The number of ether oxygens (including phenoxy) is 1. The molecular formula is C15H23N3O. The zero-order valence-corrected chi connectivity index (χ0v) is 11.6. The number of nitrogens with two attached hydrogens (primary N) is 1. The van der Waals surface area contributed by atoms with Gasteiger partial charge in [-0.1, -0.05) is 19.1 Å². The Morgan fingerprint density at radius 3 is 2.79 bits per heavy atom. The third kappa shape index (κ3) is 2.42. The number of nitrogen functional groups attached to an aromatic ring is 1. The van der Waals surface area contributed by atoms with Crippen molar-refractivity contribution in [2.45, 2.75) is 25.4 Å². The van der Waals surface area contributed by atoms with Gasteiger partial charge in [-0.25, -0.2) is 0 Å². The van der Waals surface area contributed by atoms with Gasteiger partial charge in [0.25, 0.3) is 0 Å². The van der Waals surface area contributed by atoms with E-state index in [1.807, 2.05) is 24.3 Å². The Morgan fingerprint density at radius 1 is 1.37 bits per heavy atom. The van der Waals surface area contributed by atoms with Gasteiger partial charge in [-0.05, 0) is 30.9 Å². The molecule has 0 unspecified atom stereocenters. The first-order chi connectivity index (χ1) is 9.20. The summed E-state index contributed by atoms with van der Waals surface area (Å²) in [6.45, 7) is 6.11. The van der Waals surface area contributed by atoms with Gasteiger partial charge in [-0.2, -0.15) is 0 Å². The monoisotopic (exact) mass is 261 g/mol. The van der Waals surface area contributed by atoms with Crippen LogP contribution in [0.15, 0.2) is 24.3 Å². The summed E-state index contributed by atoms with van der Waals surface area (Å²) in [5, 5.41) is 3.63. The van der Waals surface area contributed by atoms with Crippen LogP contribution in [0.2, 0.25) is 0 Å². The first-order valence-corrected chi connectivity index (χ1v) is 7.15. The van der Waals surface area contributed by atoms with Crippen LogP contribution < -0.4 is 11.1 Å². The van der Waals surface area contributed by atoms with Crippen molar-refractivity contribution < 1.29 is 4.74 Å². The van der Waals surface area contributed by atoms with Crippen LogP contribution in [0, 0.1) is 5.92 Å². The maximum atomic E-state index is 6.04. The molecule has 0 aliphatic carbocycles. The molecule has 1 aromatic rings. The average molecular weight is 261 g/mol. The molecule has 4 nitrogen and oxygen atoms in total. The Balaban J connectivity index is 1.78. The normalized spacial score (nSPS) is 26.7. The number of para-hydroxylation sites is 2. The Hall–Kier alpha value is -1.26. The van der Waals surface area contributed by atoms with Crippen LogP contribution in [0.25, 0.3) is 0 Å². The fraction of sp³-hybridized carbons (Fsp3) is 0.600. The van der Waals surface area contributed by atoms with E-state index in [2.05, 4.69) is 17.1 Å². The van der Waals surface area contributed by atoms with Gasteiger partial charge in [0.15, 0.2) is 0 Å². The number of anilines is 2. The molecule has 2 aliphatic heterocycles. The zero-order chi connectivity index (χ0) is 13.3. The van der Waals surface area contributed by atoms with Crippen LogP contribution in [0.1, 0.15) is 19.8 Å². The lowest BCUT2D eigenvalue weighted by Gasteiger charge is -2.52. The summed E-state index contributed by atoms with van der Waals surface area (Å²) < 4.78 is 5.49. The van der Waals surface area contributed by atoms with E-state index in [1.54, 1.807) is 0 Å². The number of rotatable bonds is 3. The largest absolute Gasteiger partial charge is 0.397 e. The Morgan fingerprint density at radius 2 is 2.16 bits per heavy atom. The van der Waals surface area contributed by atoms with E-state index in [0.717, 1.165) is 43.6 Å². The molecule has 2 aliphatic rings. The maximum Gasteiger partial charge on any atom is 0.139 e. The molecule has 0 amide bonds. The molecule has 2 saturated heterocycles. The molecule has 1 atom stereocenters. The van der Waals surface area contributed by atoms with E-state index in [-0.39, 0.29) is 5.66 Å². The lowest BCUT2D eigenvalue weighted by atomic mass is 9.95. The Kier molecular flexibility index (Phi) is 3.37. The van der Waals surface area contributed by atoms with E-state index in [0.29, 0.717) is 0 Å². The Labute approximate surface area is 114 Å². The highest BCUT2D eigenvalue weighted by Crippen LogP contribution is 2.33. The molecule has 0 saturated carbocycles. The van der Waals surface area contributed by atoms with E-state index in [9.17, 15) is 0 Å². The second-order valence-electron chi connectivity index (χ2n) is 5.93. The fourth-order valence-electron chi connectivity index (χ4n) is 3.07. The summed E-state index contributed by atoms with van der Waals surface area (Å²) in [6.07, 6.45) is 2.61. The van der Waals surface area contributed by atoms with Crippen molar-refractivity contribution in [2.24, 2.45) is 5.92 Å². The summed E-state index contributed by atoms with van der Waals surface area (Å²) in [5.41, 5.74) is 7.81. The quantitative estimate of drug-likeness (QED) is 0.819. The minimum absolute atomic E-state index is 0.0514. The van der Waals surface area contributed by atoms with E-state index >= 15 is 0 Å². The molecule has 2 fully saturated rings. The van der Waals surface area contributed by atoms with Crippen molar-refractivity contribution >= 4 is 11.4 Å². The number of likely N-dealkylation sites (tertiary alicyclic amines) is 1. The molecule has 104 valence electrons. The summed E-state index contributed by atoms with van der Waals surface area (Å²) in [4.78, 5) is 2.54. The number of hydrogen-bond acceptors (Lipinski definition) is 4. The third-order valence-corrected chi connectivity index (χ3v) is 4.27. The molecule has 2 heterocycles. The summed E-state index contributed by atoms with van der Waals surface area (Å²) in [6, 6.07) is 7.97.